The van der Waals surface area contributed by atoms with E-state index >= 15 is 0 Å². The number of pyridine rings is 1. The zero-order valence-electron chi connectivity index (χ0n) is 14.7. The number of hydrogen-bond donors (Lipinski definition) is 2. The first-order valence-electron chi connectivity index (χ1n) is 8.10. The summed E-state index contributed by atoms with van der Waals surface area (Å²) in [5.41, 5.74) is 1.01. The Labute approximate surface area is 159 Å². The van der Waals surface area contributed by atoms with E-state index in [0.29, 0.717) is 21.9 Å². The SMILES string of the molecule is CNC(=O)NC(=O)CSc1nc2ccccc2c(=O)n1-c1cccc(C)n1. The molecule has 0 radical (unpaired) electrons. The molecule has 3 aromatic rings. The van der Waals surface area contributed by atoms with Crippen molar-refractivity contribution in [2.45, 2.75) is 12.1 Å². The largest absolute Gasteiger partial charge is 0.341 e. The van der Waals surface area contributed by atoms with Crippen LogP contribution in [0, 0.1) is 6.92 Å². The lowest BCUT2D eigenvalue weighted by atomic mass is 10.2. The van der Waals surface area contributed by atoms with Crippen molar-refractivity contribution in [1.29, 1.82) is 0 Å². The van der Waals surface area contributed by atoms with Gasteiger partial charge in [-0.25, -0.2) is 19.3 Å². The number of hydrogen-bond acceptors (Lipinski definition) is 6. The minimum absolute atomic E-state index is 0.0793. The standard InChI is InChI=1S/C18H17N5O3S/c1-11-6-5-9-14(20-11)23-16(25)12-7-3-4-8-13(12)21-18(23)27-10-15(24)22-17(26)19-2/h3-9H,10H2,1-2H3,(H2,19,22,24,26). The number of aromatic nitrogens is 3. The molecule has 3 amide bonds. The molecule has 0 spiro atoms. The zero-order chi connectivity index (χ0) is 19.4. The third-order valence-corrected chi connectivity index (χ3v) is 4.60. The van der Waals surface area contributed by atoms with Gasteiger partial charge in [0.2, 0.25) is 5.91 Å². The zero-order valence-corrected chi connectivity index (χ0v) is 15.5. The van der Waals surface area contributed by atoms with Crippen molar-refractivity contribution in [3.63, 3.8) is 0 Å². The first-order chi connectivity index (χ1) is 13.0. The Kier molecular flexibility index (Phi) is 5.51. The van der Waals surface area contributed by atoms with Crippen LogP contribution in [0.25, 0.3) is 16.7 Å². The predicted octanol–water partition coefficient (Wildman–Crippen LogP) is 1.64. The van der Waals surface area contributed by atoms with Gasteiger partial charge in [0, 0.05) is 12.7 Å². The number of urea groups is 1. The highest BCUT2D eigenvalue weighted by atomic mass is 32.2. The third kappa shape index (κ3) is 4.14. The molecule has 3 rings (SSSR count). The molecule has 0 aliphatic carbocycles. The summed E-state index contributed by atoms with van der Waals surface area (Å²) in [4.78, 5) is 45.1. The summed E-state index contributed by atoms with van der Waals surface area (Å²) in [5, 5.41) is 5.27. The number of benzene rings is 1. The average molecular weight is 383 g/mol. The molecule has 0 aliphatic heterocycles. The Bertz CT molecular complexity index is 1080. The van der Waals surface area contributed by atoms with Crippen molar-refractivity contribution >= 4 is 34.6 Å². The Balaban J connectivity index is 2.05. The lowest BCUT2D eigenvalue weighted by molar-refractivity contribution is -0.117. The van der Waals surface area contributed by atoms with E-state index in [2.05, 4.69) is 20.6 Å². The number of thioether (sulfide) groups is 1. The van der Waals surface area contributed by atoms with Gasteiger partial charge < -0.3 is 5.32 Å². The topological polar surface area (TPSA) is 106 Å². The Hall–Kier alpha value is -3.20. The molecule has 2 N–H and O–H groups in total. The molecular weight excluding hydrogens is 366 g/mol. The van der Waals surface area contributed by atoms with Crippen LogP contribution in [0.4, 0.5) is 4.79 Å². The minimum Gasteiger partial charge on any atom is -0.341 e. The highest BCUT2D eigenvalue weighted by Crippen LogP contribution is 2.20. The van der Waals surface area contributed by atoms with Crippen molar-refractivity contribution in [2.24, 2.45) is 0 Å². The van der Waals surface area contributed by atoms with Crippen LogP contribution >= 0.6 is 11.8 Å². The van der Waals surface area contributed by atoms with Crippen LogP contribution in [0.15, 0.2) is 52.4 Å². The summed E-state index contributed by atoms with van der Waals surface area (Å²) < 4.78 is 1.38. The summed E-state index contributed by atoms with van der Waals surface area (Å²) >= 11 is 1.06. The van der Waals surface area contributed by atoms with E-state index in [-0.39, 0.29) is 11.3 Å². The van der Waals surface area contributed by atoms with Crippen LogP contribution in [0.2, 0.25) is 0 Å². The van der Waals surface area contributed by atoms with Crippen LogP contribution in [-0.4, -0.2) is 39.3 Å². The van der Waals surface area contributed by atoms with Gasteiger partial charge in [-0.3, -0.25) is 14.9 Å². The normalized spacial score (nSPS) is 10.6. The Morgan fingerprint density at radius 1 is 1.11 bits per heavy atom. The Morgan fingerprint density at radius 3 is 2.63 bits per heavy atom. The monoisotopic (exact) mass is 383 g/mol. The predicted molar refractivity (Wildman–Crippen MR) is 103 cm³/mol. The van der Waals surface area contributed by atoms with Crippen LogP contribution in [0.3, 0.4) is 0 Å². The summed E-state index contributed by atoms with van der Waals surface area (Å²) in [5.74, 6) is -0.151. The second-order valence-corrected chi connectivity index (χ2v) is 6.55. The molecule has 2 heterocycles. The molecule has 138 valence electrons. The van der Waals surface area contributed by atoms with Gasteiger partial charge >= 0.3 is 6.03 Å². The molecule has 0 fully saturated rings. The second kappa shape index (κ2) is 8.00. The van der Waals surface area contributed by atoms with E-state index in [1.165, 1.54) is 11.6 Å². The van der Waals surface area contributed by atoms with Crippen molar-refractivity contribution in [1.82, 2.24) is 25.2 Å². The first-order valence-corrected chi connectivity index (χ1v) is 9.08. The van der Waals surface area contributed by atoms with E-state index in [9.17, 15) is 14.4 Å². The summed E-state index contributed by atoms with van der Waals surface area (Å²) in [6.45, 7) is 1.83. The summed E-state index contributed by atoms with van der Waals surface area (Å²) in [7, 11) is 1.42. The number of nitrogens with one attached hydrogen (secondary N) is 2. The highest BCUT2D eigenvalue weighted by molar-refractivity contribution is 7.99. The number of carbonyl (C=O) groups excluding carboxylic acids is 2. The smallest absolute Gasteiger partial charge is 0.321 e. The molecule has 27 heavy (non-hydrogen) atoms. The van der Waals surface area contributed by atoms with Gasteiger partial charge in [-0.05, 0) is 31.2 Å². The maximum atomic E-state index is 13.0. The first kappa shape index (κ1) is 18.6. The number of amides is 3. The van der Waals surface area contributed by atoms with Gasteiger partial charge in [0.1, 0.15) is 5.82 Å². The fraction of sp³-hybridized carbons (Fsp3) is 0.167. The van der Waals surface area contributed by atoms with Crippen LogP contribution in [0.1, 0.15) is 5.69 Å². The molecule has 0 unspecified atom stereocenters. The molecule has 9 heteroatoms. The van der Waals surface area contributed by atoms with Gasteiger partial charge in [-0.2, -0.15) is 0 Å². The highest BCUT2D eigenvalue weighted by Gasteiger charge is 2.16. The molecule has 0 saturated heterocycles. The van der Waals surface area contributed by atoms with E-state index in [0.717, 1.165) is 17.5 Å². The average Bonchev–Trinajstić information content (AvgIpc) is 2.66. The molecule has 0 aliphatic rings. The van der Waals surface area contributed by atoms with Crippen molar-refractivity contribution in [3.05, 3.63) is 58.5 Å². The number of carbonyl (C=O) groups is 2. The van der Waals surface area contributed by atoms with Crippen LogP contribution in [-0.2, 0) is 4.79 Å². The number of nitrogens with zero attached hydrogens (tertiary/aromatic N) is 3. The maximum Gasteiger partial charge on any atom is 0.321 e. The van der Waals surface area contributed by atoms with Crippen molar-refractivity contribution < 1.29 is 9.59 Å². The third-order valence-electron chi connectivity index (χ3n) is 3.66. The lowest BCUT2D eigenvalue weighted by Crippen LogP contribution is -2.38. The van der Waals surface area contributed by atoms with E-state index in [4.69, 9.17) is 0 Å². The van der Waals surface area contributed by atoms with Gasteiger partial charge in [0.05, 0.1) is 16.7 Å². The van der Waals surface area contributed by atoms with Crippen molar-refractivity contribution in [2.75, 3.05) is 12.8 Å². The fourth-order valence-corrected chi connectivity index (χ4v) is 3.22. The van der Waals surface area contributed by atoms with E-state index in [1.54, 1.807) is 36.4 Å². The van der Waals surface area contributed by atoms with Gasteiger partial charge in [0.25, 0.3) is 5.56 Å². The summed E-state index contributed by atoms with van der Waals surface area (Å²) in [6.07, 6.45) is 0. The number of imide groups is 1. The van der Waals surface area contributed by atoms with Gasteiger partial charge in [0.15, 0.2) is 5.16 Å². The quantitative estimate of drug-likeness (QED) is 0.524. The fourth-order valence-electron chi connectivity index (χ4n) is 2.42. The number of rotatable bonds is 4. The van der Waals surface area contributed by atoms with Gasteiger partial charge in [-0.15, -0.1) is 0 Å². The van der Waals surface area contributed by atoms with E-state index < -0.39 is 11.9 Å². The molecule has 8 nitrogen and oxygen atoms in total. The number of aryl methyl sites for hydroxylation is 1. The molecule has 0 saturated carbocycles. The molecule has 0 atom stereocenters. The van der Waals surface area contributed by atoms with Crippen molar-refractivity contribution in [3.8, 4) is 5.82 Å². The van der Waals surface area contributed by atoms with Crippen LogP contribution in [0.5, 0.6) is 0 Å². The lowest BCUT2D eigenvalue weighted by Gasteiger charge is -2.12. The summed E-state index contributed by atoms with van der Waals surface area (Å²) in [6, 6.07) is 11.7. The molecule has 2 aromatic heterocycles. The Morgan fingerprint density at radius 2 is 1.89 bits per heavy atom. The molecular formula is C18H17N5O3S. The number of fused-ring (bicyclic) bond motifs is 1. The number of para-hydroxylation sites is 1. The second-order valence-electron chi connectivity index (χ2n) is 5.61. The minimum atomic E-state index is -0.593. The maximum absolute atomic E-state index is 13.0. The van der Waals surface area contributed by atoms with Crippen LogP contribution < -0.4 is 16.2 Å². The van der Waals surface area contributed by atoms with Gasteiger partial charge in [-0.1, -0.05) is 30.0 Å². The molecule has 0 bridgehead atoms. The van der Waals surface area contributed by atoms with E-state index in [1.807, 2.05) is 13.0 Å². The molecule has 1 aromatic carbocycles.